The number of benzene rings is 2. The molecular formula is C33H36N2O7S2. The molecule has 1 saturated carbocycles. The van der Waals surface area contributed by atoms with Gasteiger partial charge in [0.25, 0.3) is 0 Å². The molecule has 232 valence electrons. The molecule has 1 N–H and O–H groups in total. The summed E-state index contributed by atoms with van der Waals surface area (Å²) in [7, 11) is -7.53. The Labute approximate surface area is 258 Å². The first-order valence-electron chi connectivity index (χ1n) is 14.5. The molecule has 11 heteroatoms. The maximum Gasteiger partial charge on any atom is 0.349 e. The van der Waals surface area contributed by atoms with Crippen molar-refractivity contribution in [3.05, 3.63) is 84.2 Å². The van der Waals surface area contributed by atoms with E-state index in [-0.39, 0.29) is 27.0 Å². The molecule has 44 heavy (non-hydrogen) atoms. The number of ether oxygens (including phenoxy) is 2. The number of rotatable bonds is 10. The van der Waals surface area contributed by atoms with E-state index < -0.39 is 31.2 Å². The molecule has 1 aliphatic rings. The van der Waals surface area contributed by atoms with Crippen LogP contribution in [0.25, 0.3) is 16.6 Å². The summed E-state index contributed by atoms with van der Waals surface area (Å²) in [5.74, 6) is -0.406. The minimum atomic E-state index is -4.15. The SMILES string of the molecule is CCOC(=O)C(C)(C)Oc1cnc2[nH]c(C(=CC3CCCC3)c3ccc(S(C)(=O)=O)cc3)cc2c1S(=O)(=O)c1ccccc1. The fourth-order valence-electron chi connectivity index (χ4n) is 5.45. The van der Waals surface area contributed by atoms with E-state index in [0.717, 1.165) is 43.1 Å². The molecule has 4 aromatic rings. The molecular weight excluding hydrogens is 601 g/mol. The zero-order chi connectivity index (χ0) is 31.7. The lowest BCUT2D eigenvalue weighted by Crippen LogP contribution is -2.40. The molecule has 0 atom stereocenters. The van der Waals surface area contributed by atoms with Crippen molar-refractivity contribution in [2.75, 3.05) is 12.9 Å². The number of hydrogen-bond acceptors (Lipinski definition) is 8. The Balaban J connectivity index is 1.71. The highest BCUT2D eigenvalue weighted by Gasteiger charge is 2.36. The Hall–Kier alpha value is -3.96. The highest BCUT2D eigenvalue weighted by molar-refractivity contribution is 7.92. The maximum absolute atomic E-state index is 14.2. The quantitative estimate of drug-likeness (QED) is 0.205. The molecule has 9 nitrogen and oxygen atoms in total. The molecule has 0 unspecified atom stereocenters. The third-order valence-corrected chi connectivity index (χ3v) is 10.7. The van der Waals surface area contributed by atoms with E-state index >= 15 is 0 Å². The van der Waals surface area contributed by atoms with Gasteiger partial charge in [-0.15, -0.1) is 0 Å². The summed E-state index contributed by atoms with van der Waals surface area (Å²) in [6.07, 6.45) is 8.92. The van der Waals surface area contributed by atoms with E-state index in [2.05, 4.69) is 16.0 Å². The molecule has 0 saturated heterocycles. The summed E-state index contributed by atoms with van der Waals surface area (Å²) in [4.78, 5) is 20.7. The van der Waals surface area contributed by atoms with Crippen molar-refractivity contribution in [2.24, 2.45) is 5.92 Å². The topological polar surface area (TPSA) is 132 Å². The smallest absolute Gasteiger partial charge is 0.349 e. The monoisotopic (exact) mass is 636 g/mol. The van der Waals surface area contributed by atoms with E-state index in [9.17, 15) is 21.6 Å². The molecule has 0 amide bonds. The summed E-state index contributed by atoms with van der Waals surface area (Å²) in [6.45, 7) is 4.85. The third-order valence-electron chi connectivity index (χ3n) is 7.72. The van der Waals surface area contributed by atoms with Gasteiger partial charge >= 0.3 is 5.97 Å². The molecule has 1 aliphatic carbocycles. The largest absolute Gasteiger partial charge is 0.473 e. The van der Waals surface area contributed by atoms with Crippen LogP contribution in [0.4, 0.5) is 0 Å². The Kier molecular flexibility index (Phi) is 8.73. The fourth-order valence-corrected chi connectivity index (χ4v) is 7.64. The van der Waals surface area contributed by atoms with Gasteiger partial charge in [0, 0.05) is 22.9 Å². The second-order valence-electron chi connectivity index (χ2n) is 11.5. The third kappa shape index (κ3) is 6.44. The normalized spacial score (nSPS) is 15.0. The standard InChI is InChI=1S/C33H36N2O7S2/c1-5-41-32(36)33(2,3)42-29-21-34-31-27(30(29)44(39,40)25-13-7-6-8-14-25)20-28(35-31)26(19-22-11-9-10-12-22)23-15-17-24(18-16-23)43(4,37)38/h6-8,13-22H,5,9-12H2,1-4H3,(H,34,35). The average Bonchev–Trinajstić information content (AvgIpc) is 3.66. The van der Waals surface area contributed by atoms with E-state index in [4.69, 9.17) is 9.47 Å². The summed E-state index contributed by atoms with van der Waals surface area (Å²) < 4.78 is 63.9. The number of allylic oxidation sites excluding steroid dienone is 1. The van der Waals surface area contributed by atoms with Gasteiger partial charge in [-0.25, -0.2) is 26.6 Å². The van der Waals surface area contributed by atoms with Crippen molar-refractivity contribution < 1.29 is 31.1 Å². The number of esters is 1. The van der Waals surface area contributed by atoms with Gasteiger partial charge in [-0.2, -0.15) is 0 Å². The van der Waals surface area contributed by atoms with Crippen LogP contribution in [-0.4, -0.2) is 51.2 Å². The Bertz CT molecular complexity index is 1920. The maximum atomic E-state index is 14.2. The number of fused-ring (bicyclic) bond motifs is 1. The first-order valence-corrected chi connectivity index (χ1v) is 17.9. The van der Waals surface area contributed by atoms with Gasteiger partial charge in [-0.05, 0) is 75.4 Å². The Morgan fingerprint density at radius 3 is 2.27 bits per heavy atom. The highest BCUT2D eigenvalue weighted by Crippen LogP contribution is 2.40. The lowest BCUT2D eigenvalue weighted by atomic mass is 9.96. The van der Waals surface area contributed by atoms with Gasteiger partial charge in [0.2, 0.25) is 9.84 Å². The van der Waals surface area contributed by atoms with Gasteiger partial charge < -0.3 is 14.5 Å². The number of H-pyrrole nitrogens is 1. The fraction of sp³-hybridized carbons (Fsp3) is 0.333. The summed E-state index contributed by atoms with van der Waals surface area (Å²) in [5, 5.41) is 0.297. The number of nitrogens with zero attached hydrogens (tertiary/aromatic N) is 1. The Morgan fingerprint density at radius 2 is 1.66 bits per heavy atom. The van der Waals surface area contributed by atoms with Crippen LogP contribution in [0.3, 0.4) is 0 Å². The number of nitrogens with one attached hydrogen (secondary N) is 1. The van der Waals surface area contributed by atoms with Gasteiger partial charge in [-0.3, -0.25) is 0 Å². The van der Waals surface area contributed by atoms with E-state index in [0.29, 0.717) is 22.6 Å². The molecule has 0 radical (unpaired) electrons. The van der Waals surface area contributed by atoms with Crippen LogP contribution in [0, 0.1) is 5.92 Å². The lowest BCUT2D eigenvalue weighted by molar-refractivity contribution is -0.158. The number of carbonyl (C=O) groups is 1. The molecule has 2 heterocycles. The minimum absolute atomic E-state index is 0.0622. The first-order chi connectivity index (χ1) is 20.8. The van der Waals surface area contributed by atoms with E-state index in [1.165, 1.54) is 32.2 Å². The van der Waals surface area contributed by atoms with Crippen molar-refractivity contribution in [3.63, 3.8) is 0 Å². The molecule has 0 spiro atoms. The van der Waals surface area contributed by atoms with Crippen LogP contribution in [0.2, 0.25) is 0 Å². The van der Waals surface area contributed by atoms with Crippen LogP contribution in [-0.2, 0) is 29.2 Å². The zero-order valence-electron chi connectivity index (χ0n) is 25.2. The number of carbonyl (C=O) groups excluding carboxylic acids is 1. The van der Waals surface area contributed by atoms with Crippen LogP contribution in [0.15, 0.2) is 87.6 Å². The second kappa shape index (κ2) is 12.2. The van der Waals surface area contributed by atoms with Crippen LogP contribution >= 0.6 is 0 Å². The molecule has 0 aliphatic heterocycles. The summed E-state index contributed by atoms with van der Waals surface area (Å²) >= 11 is 0. The van der Waals surface area contributed by atoms with Gasteiger partial charge in [0.05, 0.1) is 22.6 Å². The first kappa shape index (κ1) is 31.5. The highest BCUT2D eigenvalue weighted by atomic mass is 32.2. The number of sulfone groups is 2. The van der Waals surface area contributed by atoms with Crippen molar-refractivity contribution in [1.29, 1.82) is 0 Å². The molecule has 1 fully saturated rings. The van der Waals surface area contributed by atoms with Gasteiger partial charge in [0.15, 0.2) is 21.2 Å². The average molecular weight is 637 g/mol. The van der Waals surface area contributed by atoms with E-state index in [1.807, 2.05) is 0 Å². The number of aromatic nitrogens is 2. The number of aromatic amines is 1. The predicted octanol–water partition coefficient (Wildman–Crippen LogP) is 6.14. The minimum Gasteiger partial charge on any atom is -0.473 e. The number of pyridine rings is 1. The van der Waals surface area contributed by atoms with Crippen molar-refractivity contribution in [1.82, 2.24) is 9.97 Å². The van der Waals surface area contributed by atoms with E-state index in [1.54, 1.807) is 55.5 Å². The van der Waals surface area contributed by atoms with Crippen molar-refractivity contribution in [2.45, 2.75) is 66.7 Å². The van der Waals surface area contributed by atoms with Crippen LogP contribution in [0.5, 0.6) is 5.75 Å². The lowest BCUT2D eigenvalue weighted by Gasteiger charge is -2.25. The van der Waals surface area contributed by atoms with Crippen LogP contribution in [0.1, 0.15) is 57.7 Å². The summed E-state index contributed by atoms with van der Waals surface area (Å²) in [5.41, 5.74) is 1.04. The zero-order valence-corrected chi connectivity index (χ0v) is 26.8. The molecule has 0 bridgehead atoms. The summed E-state index contributed by atoms with van der Waals surface area (Å²) in [6, 6.07) is 16.4. The second-order valence-corrected chi connectivity index (χ2v) is 15.4. The predicted molar refractivity (Wildman–Crippen MR) is 168 cm³/mol. The molecule has 2 aromatic carbocycles. The number of hydrogen-bond donors (Lipinski definition) is 1. The van der Waals surface area contributed by atoms with Gasteiger partial charge in [-0.1, -0.05) is 49.2 Å². The van der Waals surface area contributed by atoms with Crippen LogP contribution < -0.4 is 4.74 Å². The van der Waals surface area contributed by atoms with Crippen molar-refractivity contribution in [3.8, 4) is 5.75 Å². The van der Waals surface area contributed by atoms with Gasteiger partial charge in [0.1, 0.15) is 10.5 Å². The van der Waals surface area contributed by atoms with Crippen molar-refractivity contribution >= 4 is 42.3 Å². The molecule has 2 aromatic heterocycles. The molecule has 5 rings (SSSR count). The Morgan fingerprint density at radius 1 is 1.00 bits per heavy atom.